The number of aliphatic imine (C=N–C) groups is 1. The Hall–Kier alpha value is -0.440. The van der Waals surface area contributed by atoms with Crippen molar-refractivity contribution in [1.82, 2.24) is 14.7 Å². The molecule has 126 valence electrons. The van der Waals surface area contributed by atoms with Gasteiger partial charge in [0.15, 0.2) is 5.96 Å². The second-order valence-electron chi connectivity index (χ2n) is 5.48. The van der Waals surface area contributed by atoms with E-state index in [4.69, 9.17) is 5.73 Å². The molecule has 0 saturated carbocycles. The number of halogens is 1. The third-order valence-electron chi connectivity index (χ3n) is 3.79. The first-order valence-corrected chi connectivity index (χ1v) is 9.01. The van der Waals surface area contributed by atoms with Gasteiger partial charge in [-0.15, -0.1) is 24.0 Å². The van der Waals surface area contributed by atoms with Crippen LogP contribution in [0.5, 0.6) is 0 Å². The lowest BCUT2D eigenvalue weighted by Crippen LogP contribution is -2.42. The second kappa shape index (κ2) is 10.4. The van der Waals surface area contributed by atoms with Crippen molar-refractivity contribution in [1.29, 1.82) is 0 Å². The van der Waals surface area contributed by atoms with E-state index in [0.717, 1.165) is 36.8 Å². The number of hydrogen-bond acceptors (Lipinski definition) is 3. The molecule has 1 aliphatic heterocycles. The van der Waals surface area contributed by atoms with Crippen LogP contribution in [0.2, 0.25) is 0 Å². The van der Waals surface area contributed by atoms with E-state index >= 15 is 0 Å². The smallest absolute Gasteiger partial charge is 0.191 e. The summed E-state index contributed by atoms with van der Waals surface area (Å²) in [5.41, 5.74) is 8.34. The molecule has 0 bridgehead atoms. The van der Waals surface area contributed by atoms with E-state index in [1.807, 2.05) is 16.4 Å². The predicted octanol–water partition coefficient (Wildman–Crippen LogP) is 2.86. The molecule has 2 N–H and O–H groups in total. The van der Waals surface area contributed by atoms with Gasteiger partial charge in [-0.2, -0.15) is 16.9 Å². The normalized spacial score (nSPS) is 15.7. The standard InChI is InChI=1S/C15H27N5S.HI/c1-3-4-5-6-20-12-14(13(2)18-20)11-17-15(16)19-7-9-21-10-8-19;/h12H,3-11H2,1-2H3,(H2,16,17);1H. The number of nitrogens with zero attached hydrogens (tertiary/aromatic N) is 4. The third-order valence-corrected chi connectivity index (χ3v) is 4.73. The molecule has 0 spiro atoms. The average Bonchev–Trinajstić information content (AvgIpc) is 2.86. The average molecular weight is 437 g/mol. The minimum Gasteiger partial charge on any atom is -0.370 e. The minimum atomic E-state index is 0. The SMILES string of the molecule is CCCCCn1cc(CN=C(N)N2CCSCC2)c(C)n1.I. The maximum absolute atomic E-state index is 6.09. The van der Waals surface area contributed by atoms with Gasteiger partial charge in [-0.3, -0.25) is 4.68 Å². The van der Waals surface area contributed by atoms with Gasteiger partial charge in [0.25, 0.3) is 0 Å². The Morgan fingerprint density at radius 2 is 2.09 bits per heavy atom. The highest BCUT2D eigenvalue weighted by Gasteiger charge is 2.12. The number of aromatic nitrogens is 2. The first-order chi connectivity index (χ1) is 10.2. The number of hydrogen-bond donors (Lipinski definition) is 1. The van der Waals surface area contributed by atoms with Crippen molar-refractivity contribution >= 4 is 41.7 Å². The maximum atomic E-state index is 6.09. The van der Waals surface area contributed by atoms with Crippen LogP contribution in [0.1, 0.15) is 37.4 Å². The van der Waals surface area contributed by atoms with Crippen LogP contribution in [0.15, 0.2) is 11.2 Å². The summed E-state index contributed by atoms with van der Waals surface area (Å²) >= 11 is 1.98. The molecule has 0 radical (unpaired) electrons. The van der Waals surface area contributed by atoms with Crippen molar-refractivity contribution in [2.45, 2.75) is 46.2 Å². The molecule has 7 heteroatoms. The van der Waals surface area contributed by atoms with Crippen LogP contribution in [0.25, 0.3) is 0 Å². The van der Waals surface area contributed by atoms with Gasteiger partial charge in [0.1, 0.15) is 0 Å². The van der Waals surface area contributed by atoms with Gasteiger partial charge in [0, 0.05) is 42.9 Å². The Bertz CT molecular complexity index is 468. The molecule has 2 rings (SSSR count). The molecular weight excluding hydrogens is 409 g/mol. The summed E-state index contributed by atoms with van der Waals surface area (Å²) in [6.07, 6.45) is 5.80. The zero-order valence-corrected chi connectivity index (χ0v) is 16.8. The van der Waals surface area contributed by atoms with Gasteiger partial charge in [0.05, 0.1) is 12.2 Å². The fourth-order valence-corrected chi connectivity index (χ4v) is 3.31. The number of nitrogens with two attached hydrogens (primary N) is 1. The fourth-order valence-electron chi connectivity index (χ4n) is 2.41. The van der Waals surface area contributed by atoms with E-state index in [2.05, 4.69) is 35.0 Å². The lowest BCUT2D eigenvalue weighted by Gasteiger charge is -2.27. The van der Waals surface area contributed by atoms with Crippen LogP contribution in [-0.2, 0) is 13.1 Å². The van der Waals surface area contributed by atoms with Crippen LogP contribution >= 0.6 is 35.7 Å². The van der Waals surface area contributed by atoms with E-state index in [-0.39, 0.29) is 24.0 Å². The van der Waals surface area contributed by atoms with Crippen molar-refractivity contribution in [3.05, 3.63) is 17.5 Å². The number of aryl methyl sites for hydroxylation is 2. The first kappa shape index (κ1) is 19.6. The molecule has 0 aliphatic carbocycles. The van der Waals surface area contributed by atoms with Gasteiger partial charge < -0.3 is 10.6 Å². The van der Waals surface area contributed by atoms with Gasteiger partial charge in [-0.25, -0.2) is 4.99 Å². The summed E-state index contributed by atoms with van der Waals surface area (Å²) in [7, 11) is 0. The summed E-state index contributed by atoms with van der Waals surface area (Å²) in [5, 5.41) is 4.56. The molecule has 1 aromatic heterocycles. The first-order valence-electron chi connectivity index (χ1n) is 7.86. The third kappa shape index (κ3) is 5.98. The van der Waals surface area contributed by atoms with Gasteiger partial charge in [-0.1, -0.05) is 19.8 Å². The number of guanidine groups is 1. The van der Waals surface area contributed by atoms with Crippen molar-refractivity contribution < 1.29 is 0 Å². The van der Waals surface area contributed by atoms with Crippen LogP contribution < -0.4 is 5.73 Å². The Labute approximate surface area is 155 Å². The zero-order valence-electron chi connectivity index (χ0n) is 13.6. The van der Waals surface area contributed by atoms with Crippen molar-refractivity contribution in [2.24, 2.45) is 10.7 Å². The molecule has 22 heavy (non-hydrogen) atoms. The van der Waals surface area contributed by atoms with E-state index in [0.29, 0.717) is 12.5 Å². The van der Waals surface area contributed by atoms with Crippen LogP contribution in [0, 0.1) is 6.92 Å². The number of thioether (sulfide) groups is 1. The minimum absolute atomic E-state index is 0. The Balaban J connectivity index is 0.00000242. The van der Waals surface area contributed by atoms with Gasteiger partial charge in [0.2, 0.25) is 0 Å². The van der Waals surface area contributed by atoms with Crippen molar-refractivity contribution in [3.63, 3.8) is 0 Å². The van der Waals surface area contributed by atoms with Crippen LogP contribution in [-0.4, -0.2) is 45.2 Å². The van der Waals surface area contributed by atoms with Crippen molar-refractivity contribution in [2.75, 3.05) is 24.6 Å². The molecular formula is C15H28IN5S. The summed E-state index contributed by atoms with van der Waals surface area (Å²) in [5.74, 6) is 2.96. The second-order valence-corrected chi connectivity index (χ2v) is 6.71. The molecule has 1 aromatic rings. The molecule has 0 aromatic carbocycles. The lowest BCUT2D eigenvalue weighted by atomic mass is 10.2. The summed E-state index contributed by atoms with van der Waals surface area (Å²) in [6.45, 7) is 7.92. The molecule has 2 heterocycles. The molecule has 1 fully saturated rings. The topological polar surface area (TPSA) is 59.4 Å². The van der Waals surface area contributed by atoms with Gasteiger partial charge in [-0.05, 0) is 13.3 Å². The Kier molecular flexibility index (Phi) is 9.23. The highest BCUT2D eigenvalue weighted by molar-refractivity contribution is 14.0. The van der Waals surface area contributed by atoms with E-state index < -0.39 is 0 Å². The quantitative estimate of drug-likeness (QED) is 0.322. The maximum Gasteiger partial charge on any atom is 0.191 e. The van der Waals surface area contributed by atoms with Crippen LogP contribution in [0.4, 0.5) is 0 Å². The highest BCUT2D eigenvalue weighted by Crippen LogP contribution is 2.11. The number of unbranched alkanes of at least 4 members (excludes halogenated alkanes) is 2. The summed E-state index contributed by atoms with van der Waals surface area (Å²) in [4.78, 5) is 6.72. The molecule has 0 atom stereocenters. The van der Waals surface area contributed by atoms with E-state index in [1.54, 1.807) is 0 Å². The predicted molar refractivity (Wildman–Crippen MR) is 106 cm³/mol. The van der Waals surface area contributed by atoms with Crippen molar-refractivity contribution in [3.8, 4) is 0 Å². The van der Waals surface area contributed by atoms with Crippen LogP contribution in [0.3, 0.4) is 0 Å². The van der Waals surface area contributed by atoms with E-state index in [1.165, 1.54) is 24.8 Å². The monoisotopic (exact) mass is 437 g/mol. The summed E-state index contributed by atoms with van der Waals surface area (Å²) < 4.78 is 2.05. The Morgan fingerprint density at radius 1 is 1.36 bits per heavy atom. The number of rotatable bonds is 6. The Morgan fingerprint density at radius 3 is 2.77 bits per heavy atom. The molecule has 0 amide bonds. The summed E-state index contributed by atoms with van der Waals surface area (Å²) in [6, 6.07) is 0. The molecule has 5 nitrogen and oxygen atoms in total. The largest absolute Gasteiger partial charge is 0.370 e. The van der Waals surface area contributed by atoms with Gasteiger partial charge >= 0.3 is 0 Å². The molecule has 1 saturated heterocycles. The molecule has 0 unspecified atom stereocenters. The fraction of sp³-hybridized carbons (Fsp3) is 0.733. The molecule has 1 aliphatic rings. The lowest BCUT2D eigenvalue weighted by molar-refractivity contribution is 0.455. The van der Waals surface area contributed by atoms with E-state index in [9.17, 15) is 0 Å². The zero-order chi connectivity index (χ0) is 15.1. The highest BCUT2D eigenvalue weighted by atomic mass is 127.